The summed E-state index contributed by atoms with van der Waals surface area (Å²) < 4.78 is 10.4. The van der Waals surface area contributed by atoms with Gasteiger partial charge in [-0.1, -0.05) is 12.1 Å². The minimum atomic E-state index is -0.502. The number of nitrogens with one attached hydrogen (secondary N) is 1. The van der Waals surface area contributed by atoms with Gasteiger partial charge < -0.3 is 14.8 Å². The third-order valence-electron chi connectivity index (χ3n) is 3.01. The standard InChI is InChI=1S/C18H19ClN2O4/c1-3-9-21-18(23)14(12-20)10-13-6-7-15(16(11-13)24-2)25-17(22)5-4-8-19/h3,6-7,10-11H,1,4-5,8-9H2,2H3,(H,21,23)/b14-10-. The highest BCUT2D eigenvalue weighted by atomic mass is 35.5. The number of benzene rings is 1. The molecule has 0 aliphatic heterocycles. The average Bonchev–Trinajstić information content (AvgIpc) is 2.63. The van der Waals surface area contributed by atoms with Crippen LogP contribution in [0.4, 0.5) is 0 Å². The summed E-state index contributed by atoms with van der Waals surface area (Å²) in [5.74, 6) is 0.0354. The van der Waals surface area contributed by atoms with Crippen LogP contribution in [-0.2, 0) is 9.59 Å². The summed E-state index contributed by atoms with van der Waals surface area (Å²) in [6.45, 7) is 3.76. The van der Waals surface area contributed by atoms with Crippen molar-refractivity contribution in [2.24, 2.45) is 0 Å². The highest BCUT2D eigenvalue weighted by molar-refractivity contribution is 6.17. The van der Waals surface area contributed by atoms with Crippen molar-refractivity contribution >= 4 is 29.6 Å². The fourth-order valence-electron chi connectivity index (χ4n) is 1.82. The summed E-state index contributed by atoms with van der Waals surface area (Å²) in [6, 6.07) is 6.57. The number of carbonyl (C=O) groups is 2. The Balaban J connectivity index is 2.97. The molecule has 0 spiro atoms. The zero-order chi connectivity index (χ0) is 18.7. The molecule has 0 bridgehead atoms. The Morgan fingerprint density at radius 3 is 2.76 bits per heavy atom. The second-order valence-electron chi connectivity index (χ2n) is 4.85. The largest absolute Gasteiger partial charge is 0.493 e. The van der Waals surface area contributed by atoms with E-state index in [1.807, 2.05) is 6.07 Å². The topological polar surface area (TPSA) is 88.4 Å². The lowest BCUT2D eigenvalue weighted by atomic mass is 10.1. The second kappa shape index (κ2) is 10.9. The first-order chi connectivity index (χ1) is 12.0. The molecule has 0 heterocycles. The molecule has 1 aromatic carbocycles. The minimum absolute atomic E-state index is 0.0595. The molecule has 1 rings (SSSR count). The molecule has 0 fully saturated rings. The van der Waals surface area contributed by atoms with E-state index in [4.69, 9.17) is 26.3 Å². The quantitative estimate of drug-likeness (QED) is 0.182. The Labute approximate surface area is 151 Å². The van der Waals surface area contributed by atoms with E-state index < -0.39 is 11.9 Å². The lowest BCUT2D eigenvalue weighted by Crippen LogP contribution is -2.24. The maximum Gasteiger partial charge on any atom is 0.311 e. The van der Waals surface area contributed by atoms with Gasteiger partial charge in [-0.3, -0.25) is 9.59 Å². The van der Waals surface area contributed by atoms with Crippen LogP contribution in [-0.4, -0.2) is 31.4 Å². The number of alkyl halides is 1. The molecule has 0 aliphatic rings. The third kappa shape index (κ3) is 6.69. The van der Waals surface area contributed by atoms with Crippen LogP contribution in [0.2, 0.25) is 0 Å². The van der Waals surface area contributed by atoms with Gasteiger partial charge in [0.1, 0.15) is 11.6 Å². The van der Waals surface area contributed by atoms with Gasteiger partial charge >= 0.3 is 5.97 Å². The fraction of sp³-hybridized carbons (Fsp3) is 0.278. The molecule has 0 aromatic heterocycles. The Morgan fingerprint density at radius 1 is 1.40 bits per heavy atom. The maximum absolute atomic E-state index is 11.8. The van der Waals surface area contributed by atoms with Gasteiger partial charge in [-0.25, -0.2) is 0 Å². The van der Waals surface area contributed by atoms with Crippen molar-refractivity contribution in [1.29, 1.82) is 5.26 Å². The normalized spacial score (nSPS) is 10.5. The van der Waals surface area contributed by atoms with Gasteiger partial charge in [0.05, 0.1) is 7.11 Å². The highest BCUT2D eigenvalue weighted by Crippen LogP contribution is 2.29. The smallest absolute Gasteiger partial charge is 0.311 e. The fourth-order valence-corrected chi connectivity index (χ4v) is 1.95. The number of hydrogen-bond acceptors (Lipinski definition) is 5. The Morgan fingerprint density at radius 2 is 2.16 bits per heavy atom. The van der Waals surface area contributed by atoms with E-state index in [-0.39, 0.29) is 24.3 Å². The molecule has 0 aliphatic carbocycles. The number of nitriles is 1. The van der Waals surface area contributed by atoms with Crippen LogP contribution in [0.3, 0.4) is 0 Å². The summed E-state index contributed by atoms with van der Waals surface area (Å²) in [5.41, 5.74) is 0.499. The maximum atomic E-state index is 11.8. The first-order valence-electron chi connectivity index (χ1n) is 7.51. The molecule has 0 atom stereocenters. The van der Waals surface area contributed by atoms with Gasteiger partial charge in [-0.05, 0) is 30.2 Å². The number of rotatable bonds is 9. The number of nitrogens with zero attached hydrogens (tertiary/aromatic N) is 1. The minimum Gasteiger partial charge on any atom is -0.493 e. The van der Waals surface area contributed by atoms with Crippen molar-refractivity contribution in [2.75, 3.05) is 19.5 Å². The van der Waals surface area contributed by atoms with Gasteiger partial charge in [-0.15, -0.1) is 18.2 Å². The Bertz CT molecular complexity index is 708. The summed E-state index contributed by atoms with van der Waals surface area (Å²) in [7, 11) is 1.43. The van der Waals surface area contributed by atoms with Crippen LogP contribution in [0, 0.1) is 11.3 Å². The third-order valence-corrected chi connectivity index (χ3v) is 3.28. The molecule has 0 saturated carbocycles. The number of carbonyl (C=O) groups excluding carboxylic acids is 2. The molecule has 7 heteroatoms. The van der Waals surface area contributed by atoms with Crippen LogP contribution >= 0.6 is 11.6 Å². The molecule has 1 N–H and O–H groups in total. The van der Waals surface area contributed by atoms with Crippen LogP contribution in [0.15, 0.2) is 36.4 Å². The highest BCUT2D eigenvalue weighted by Gasteiger charge is 2.12. The first-order valence-corrected chi connectivity index (χ1v) is 8.04. The number of hydrogen-bond donors (Lipinski definition) is 1. The molecule has 0 saturated heterocycles. The van der Waals surface area contributed by atoms with Crippen molar-refractivity contribution in [2.45, 2.75) is 12.8 Å². The molecular weight excluding hydrogens is 344 g/mol. The zero-order valence-corrected chi connectivity index (χ0v) is 14.6. The number of methoxy groups -OCH3 is 1. The van der Waals surface area contributed by atoms with E-state index >= 15 is 0 Å². The number of ether oxygens (including phenoxy) is 2. The molecule has 6 nitrogen and oxygen atoms in total. The van der Waals surface area contributed by atoms with E-state index in [0.717, 1.165) is 0 Å². The molecule has 1 amide bonds. The van der Waals surface area contributed by atoms with Gasteiger partial charge in [0, 0.05) is 18.8 Å². The number of esters is 1. The summed E-state index contributed by atoms with van der Waals surface area (Å²) >= 11 is 5.54. The van der Waals surface area contributed by atoms with Crippen molar-refractivity contribution < 1.29 is 19.1 Å². The molecular formula is C18H19ClN2O4. The first kappa shape index (κ1) is 20.3. The van der Waals surface area contributed by atoms with E-state index in [0.29, 0.717) is 23.6 Å². The summed E-state index contributed by atoms with van der Waals surface area (Å²) in [5, 5.41) is 11.7. The van der Waals surface area contributed by atoms with Gasteiger partial charge in [-0.2, -0.15) is 5.26 Å². The monoisotopic (exact) mass is 362 g/mol. The lowest BCUT2D eigenvalue weighted by molar-refractivity contribution is -0.134. The van der Waals surface area contributed by atoms with Crippen LogP contribution in [0.25, 0.3) is 6.08 Å². The van der Waals surface area contributed by atoms with Crippen molar-refractivity contribution in [1.82, 2.24) is 5.32 Å². The second-order valence-corrected chi connectivity index (χ2v) is 5.22. The number of amides is 1. The van der Waals surface area contributed by atoms with E-state index in [1.54, 1.807) is 18.2 Å². The van der Waals surface area contributed by atoms with Gasteiger partial charge in [0.25, 0.3) is 5.91 Å². The van der Waals surface area contributed by atoms with Crippen LogP contribution in [0.5, 0.6) is 11.5 Å². The average molecular weight is 363 g/mol. The van der Waals surface area contributed by atoms with Crippen molar-refractivity contribution in [3.63, 3.8) is 0 Å². The predicted molar refractivity (Wildman–Crippen MR) is 95.4 cm³/mol. The van der Waals surface area contributed by atoms with Crippen LogP contribution in [0.1, 0.15) is 18.4 Å². The Hall–Kier alpha value is -2.78. The molecule has 0 radical (unpaired) electrons. The Kier molecular flexibility index (Phi) is 8.83. The molecule has 132 valence electrons. The SMILES string of the molecule is C=CCNC(=O)/C(C#N)=C\c1ccc(OC(=O)CCCCl)c(OC)c1. The van der Waals surface area contributed by atoms with E-state index in [9.17, 15) is 9.59 Å². The predicted octanol–water partition coefficient (Wildman–Crippen LogP) is 2.83. The summed E-state index contributed by atoms with van der Waals surface area (Å²) in [4.78, 5) is 23.5. The van der Waals surface area contributed by atoms with Crippen molar-refractivity contribution in [3.8, 4) is 17.6 Å². The molecule has 0 unspecified atom stereocenters. The molecule has 25 heavy (non-hydrogen) atoms. The molecule has 1 aromatic rings. The van der Waals surface area contributed by atoms with Gasteiger partial charge in [0.15, 0.2) is 11.5 Å². The lowest BCUT2D eigenvalue weighted by Gasteiger charge is -2.10. The summed E-state index contributed by atoms with van der Waals surface area (Å²) in [6.07, 6.45) is 3.66. The number of halogens is 1. The zero-order valence-electron chi connectivity index (χ0n) is 13.9. The van der Waals surface area contributed by atoms with Gasteiger partial charge in [0.2, 0.25) is 0 Å². The van der Waals surface area contributed by atoms with Crippen molar-refractivity contribution in [3.05, 3.63) is 42.0 Å². The van der Waals surface area contributed by atoms with E-state index in [2.05, 4.69) is 11.9 Å². The van der Waals surface area contributed by atoms with Crippen LogP contribution < -0.4 is 14.8 Å². The van der Waals surface area contributed by atoms with E-state index in [1.165, 1.54) is 19.3 Å².